The minimum atomic E-state index is -3.76. The Morgan fingerprint density at radius 3 is 2.82 bits per heavy atom. The lowest BCUT2D eigenvalue weighted by Crippen LogP contribution is -2.52. The van der Waals surface area contributed by atoms with Crippen LogP contribution < -0.4 is 5.32 Å². The van der Waals surface area contributed by atoms with Gasteiger partial charge in [-0.25, -0.2) is 8.42 Å². The molecule has 3 unspecified atom stereocenters. The Hall–Kier alpha value is -2.63. The van der Waals surface area contributed by atoms with Gasteiger partial charge in [0.1, 0.15) is 12.1 Å². The first kappa shape index (κ1) is 23.5. The van der Waals surface area contributed by atoms with E-state index >= 15 is 0 Å². The van der Waals surface area contributed by atoms with Crippen molar-refractivity contribution in [3.05, 3.63) is 52.5 Å². The average molecular weight is 491 g/mol. The van der Waals surface area contributed by atoms with Crippen LogP contribution in [0.3, 0.4) is 0 Å². The van der Waals surface area contributed by atoms with Gasteiger partial charge in [0.05, 0.1) is 23.9 Å². The Morgan fingerprint density at radius 1 is 1.33 bits per heavy atom. The largest absolute Gasteiger partial charge is 0.340 e. The first-order valence-electron chi connectivity index (χ1n) is 10.9. The topological polar surface area (TPSA) is 117 Å². The summed E-state index contributed by atoms with van der Waals surface area (Å²) in [5, 5.41) is 6.29. The summed E-state index contributed by atoms with van der Waals surface area (Å²) in [7, 11) is -3.76. The number of carbonyl (C=O) groups is 3. The van der Waals surface area contributed by atoms with Crippen molar-refractivity contribution in [2.75, 3.05) is 13.1 Å². The van der Waals surface area contributed by atoms with Crippen molar-refractivity contribution in [1.82, 2.24) is 19.5 Å². The Kier molecular flexibility index (Phi) is 6.91. The molecule has 11 heteroatoms. The van der Waals surface area contributed by atoms with Crippen molar-refractivity contribution in [3.8, 4) is 0 Å². The molecule has 2 saturated heterocycles. The van der Waals surface area contributed by atoms with E-state index in [9.17, 15) is 22.8 Å². The molecule has 3 atom stereocenters. The number of amides is 2. The monoisotopic (exact) mass is 490 g/mol. The van der Waals surface area contributed by atoms with Crippen LogP contribution in [0.1, 0.15) is 42.1 Å². The molecule has 0 aromatic carbocycles. The Bertz CT molecular complexity index is 1120. The number of hydrogen-bond acceptors (Lipinski definition) is 7. The van der Waals surface area contributed by atoms with Gasteiger partial charge in [0.2, 0.25) is 15.9 Å². The van der Waals surface area contributed by atoms with E-state index in [-0.39, 0.29) is 36.4 Å². The number of ketones is 1. The van der Waals surface area contributed by atoms with Crippen LogP contribution in [0.2, 0.25) is 0 Å². The van der Waals surface area contributed by atoms with E-state index in [0.29, 0.717) is 30.4 Å². The van der Waals surface area contributed by atoms with Gasteiger partial charge in [0, 0.05) is 24.3 Å². The SMILES string of the molecule is CCCC(NC(=O)c1ccsc1)C(=O)N1CCC2C1C(=O)CN2S(=O)(=O)Cc1cccnc1. The molecule has 9 nitrogen and oxygen atoms in total. The maximum Gasteiger partial charge on any atom is 0.252 e. The number of rotatable bonds is 8. The van der Waals surface area contributed by atoms with Crippen molar-refractivity contribution >= 4 is 39.0 Å². The molecule has 176 valence electrons. The maximum atomic E-state index is 13.4. The fourth-order valence-electron chi connectivity index (χ4n) is 4.54. The number of nitrogens with one attached hydrogen (secondary N) is 1. The quantitative estimate of drug-likeness (QED) is 0.598. The minimum Gasteiger partial charge on any atom is -0.340 e. The normalized spacial score (nSPS) is 21.7. The fraction of sp³-hybridized carbons (Fsp3) is 0.455. The lowest BCUT2D eigenvalue weighted by molar-refractivity contribution is -0.138. The molecule has 1 N–H and O–H groups in total. The third kappa shape index (κ3) is 4.85. The molecular formula is C22H26N4O5S2. The molecule has 33 heavy (non-hydrogen) atoms. The molecule has 2 aliphatic rings. The molecule has 2 aromatic rings. The van der Waals surface area contributed by atoms with Gasteiger partial charge in [-0.1, -0.05) is 19.4 Å². The Morgan fingerprint density at radius 2 is 2.15 bits per heavy atom. The highest BCUT2D eigenvalue weighted by atomic mass is 32.2. The minimum absolute atomic E-state index is 0.249. The lowest BCUT2D eigenvalue weighted by Gasteiger charge is -2.28. The predicted molar refractivity (Wildman–Crippen MR) is 123 cm³/mol. The van der Waals surface area contributed by atoms with Crippen molar-refractivity contribution in [2.24, 2.45) is 0 Å². The van der Waals surface area contributed by atoms with Gasteiger partial charge in [0.15, 0.2) is 5.78 Å². The van der Waals surface area contributed by atoms with Crippen molar-refractivity contribution in [2.45, 2.75) is 50.1 Å². The first-order chi connectivity index (χ1) is 15.8. The molecule has 0 spiro atoms. The second-order valence-electron chi connectivity index (χ2n) is 8.29. The highest BCUT2D eigenvalue weighted by molar-refractivity contribution is 7.88. The molecule has 4 rings (SSSR count). The Balaban J connectivity index is 1.49. The summed E-state index contributed by atoms with van der Waals surface area (Å²) >= 11 is 1.39. The number of hydrogen-bond donors (Lipinski definition) is 1. The molecule has 0 saturated carbocycles. The third-order valence-corrected chi connectivity index (χ3v) is 8.55. The van der Waals surface area contributed by atoms with Crippen molar-refractivity contribution in [1.29, 1.82) is 0 Å². The van der Waals surface area contributed by atoms with Gasteiger partial charge in [-0.2, -0.15) is 15.6 Å². The number of aromatic nitrogens is 1. The van der Waals surface area contributed by atoms with Crippen molar-refractivity contribution < 1.29 is 22.8 Å². The lowest BCUT2D eigenvalue weighted by atomic mass is 10.1. The van der Waals surface area contributed by atoms with E-state index in [2.05, 4.69) is 10.3 Å². The van der Waals surface area contributed by atoms with Gasteiger partial charge in [0.25, 0.3) is 5.91 Å². The molecule has 2 amide bonds. The summed E-state index contributed by atoms with van der Waals surface area (Å²) in [6, 6.07) is 2.85. The highest BCUT2D eigenvalue weighted by Gasteiger charge is 2.54. The van der Waals surface area contributed by atoms with E-state index in [4.69, 9.17) is 0 Å². The van der Waals surface area contributed by atoms with E-state index in [1.165, 1.54) is 26.7 Å². The standard InChI is InChI=1S/C22H26N4O5S2/c1-2-4-17(24-21(28)16-7-10-32-13-16)22(29)25-9-6-18-20(25)19(27)12-26(18)33(30,31)14-15-5-3-8-23-11-15/h3,5,7-8,10-11,13,17-18,20H,2,4,6,9,12,14H2,1H3,(H,24,28). The second kappa shape index (κ2) is 9.70. The summed E-state index contributed by atoms with van der Waals surface area (Å²) < 4.78 is 27.4. The molecule has 2 fully saturated rings. The molecular weight excluding hydrogens is 464 g/mol. The van der Waals surface area contributed by atoms with Crippen LogP contribution in [-0.4, -0.2) is 71.4 Å². The molecule has 0 radical (unpaired) electrons. The summed E-state index contributed by atoms with van der Waals surface area (Å²) in [5.74, 6) is -1.22. The number of thiophene rings is 1. The highest BCUT2D eigenvalue weighted by Crippen LogP contribution is 2.33. The number of nitrogens with zero attached hydrogens (tertiary/aromatic N) is 3. The van der Waals surface area contributed by atoms with Gasteiger partial charge in [-0.15, -0.1) is 0 Å². The zero-order valence-electron chi connectivity index (χ0n) is 18.2. The zero-order chi connectivity index (χ0) is 23.6. The van der Waals surface area contributed by atoms with Gasteiger partial charge < -0.3 is 10.2 Å². The summed E-state index contributed by atoms with van der Waals surface area (Å²) in [5.41, 5.74) is 1.02. The number of pyridine rings is 1. The Labute approximate surface area is 196 Å². The van der Waals surface area contributed by atoms with Crippen LogP contribution in [0.4, 0.5) is 0 Å². The van der Waals surface area contributed by atoms with Gasteiger partial charge in [-0.3, -0.25) is 19.4 Å². The average Bonchev–Trinajstić information content (AvgIpc) is 3.52. The van der Waals surface area contributed by atoms with E-state index in [0.717, 1.165) is 0 Å². The number of likely N-dealkylation sites (tertiary alicyclic amines) is 1. The van der Waals surface area contributed by atoms with Crippen LogP contribution in [0, 0.1) is 0 Å². The van der Waals surface area contributed by atoms with Crippen LogP contribution in [0.25, 0.3) is 0 Å². The van der Waals surface area contributed by atoms with Crippen LogP contribution in [0.15, 0.2) is 41.4 Å². The number of sulfonamides is 1. The van der Waals surface area contributed by atoms with Gasteiger partial charge >= 0.3 is 0 Å². The fourth-order valence-corrected chi connectivity index (χ4v) is 6.89. The second-order valence-corrected chi connectivity index (χ2v) is 11.0. The van der Waals surface area contributed by atoms with E-state index in [1.807, 2.05) is 6.92 Å². The summed E-state index contributed by atoms with van der Waals surface area (Å²) in [4.78, 5) is 44.2. The predicted octanol–water partition coefficient (Wildman–Crippen LogP) is 1.43. The van der Waals surface area contributed by atoms with E-state index in [1.54, 1.807) is 35.2 Å². The smallest absolute Gasteiger partial charge is 0.252 e. The molecule has 4 heterocycles. The molecule has 2 aromatic heterocycles. The summed E-state index contributed by atoms with van der Waals surface area (Å²) in [6.45, 7) is 1.94. The third-order valence-electron chi connectivity index (χ3n) is 6.05. The number of fused-ring (bicyclic) bond motifs is 1. The van der Waals surface area contributed by atoms with Crippen molar-refractivity contribution in [3.63, 3.8) is 0 Å². The number of carbonyl (C=O) groups excluding carboxylic acids is 3. The van der Waals surface area contributed by atoms with Gasteiger partial charge in [-0.05, 0) is 35.9 Å². The molecule has 2 aliphatic heterocycles. The maximum absolute atomic E-state index is 13.4. The van der Waals surface area contributed by atoms with E-state index < -0.39 is 28.1 Å². The van der Waals surface area contributed by atoms with Crippen LogP contribution >= 0.6 is 11.3 Å². The first-order valence-corrected chi connectivity index (χ1v) is 13.4. The summed E-state index contributed by atoms with van der Waals surface area (Å²) in [6.07, 6.45) is 4.53. The van der Waals surface area contributed by atoms with Crippen LogP contribution in [0.5, 0.6) is 0 Å². The van der Waals surface area contributed by atoms with Crippen LogP contribution in [-0.2, 0) is 25.4 Å². The number of Topliss-reactive ketones (excluding diaryl/α,β-unsaturated/α-hetero) is 1. The zero-order valence-corrected chi connectivity index (χ0v) is 19.8. The molecule has 0 aliphatic carbocycles. The molecule has 0 bridgehead atoms.